The third kappa shape index (κ3) is 7.06. The van der Waals surface area contributed by atoms with Crippen LogP contribution in [0.1, 0.15) is 54.0 Å². The molecule has 0 aromatic heterocycles. The van der Waals surface area contributed by atoms with Crippen LogP contribution in [0.4, 0.5) is 0 Å². The second-order valence-corrected chi connectivity index (χ2v) is 8.15. The minimum atomic E-state index is 0.0623. The molecule has 0 N–H and O–H groups in total. The molecule has 1 rings (SSSR count). The van der Waals surface area contributed by atoms with Crippen molar-refractivity contribution in [3.63, 3.8) is 0 Å². The summed E-state index contributed by atoms with van der Waals surface area (Å²) in [5, 5.41) is 0. The van der Waals surface area contributed by atoms with Gasteiger partial charge in [-0.2, -0.15) is 0 Å². The summed E-state index contributed by atoms with van der Waals surface area (Å²) in [6.45, 7) is 16.7. The second-order valence-electron chi connectivity index (χ2n) is 8.15. The first kappa shape index (κ1) is 19.5. The molecule has 23 heavy (non-hydrogen) atoms. The molecular weight excluding hydrogens is 286 g/mol. The van der Waals surface area contributed by atoms with Crippen molar-refractivity contribution >= 4 is 5.91 Å². The summed E-state index contributed by atoms with van der Waals surface area (Å²) in [6, 6.07) is 8.03. The minimum absolute atomic E-state index is 0.0623. The SMILES string of the molecule is CC(C)CN(CC(C)C)C(=O)COc1ccc(C(C)(C)C)cc1. The number of hydrogen-bond donors (Lipinski definition) is 0. The van der Waals surface area contributed by atoms with E-state index in [1.54, 1.807) is 0 Å². The van der Waals surface area contributed by atoms with Crippen molar-refractivity contribution in [3.05, 3.63) is 29.8 Å². The molecule has 1 aromatic carbocycles. The van der Waals surface area contributed by atoms with E-state index in [9.17, 15) is 4.79 Å². The molecule has 1 amide bonds. The summed E-state index contributed by atoms with van der Waals surface area (Å²) in [5.41, 5.74) is 1.39. The molecule has 0 atom stereocenters. The van der Waals surface area contributed by atoms with Crippen molar-refractivity contribution < 1.29 is 9.53 Å². The average molecular weight is 319 g/mol. The number of carbonyl (C=O) groups is 1. The van der Waals surface area contributed by atoms with Gasteiger partial charge in [0.05, 0.1) is 0 Å². The van der Waals surface area contributed by atoms with Crippen LogP contribution < -0.4 is 4.74 Å². The molecule has 0 spiro atoms. The number of benzene rings is 1. The van der Waals surface area contributed by atoms with Crippen molar-refractivity contribution in [2.45, 2.75) is 53.9 Å². The summed E-state index contributed by atoms with van der Waals surface area (Å²) >= 11 is 0. The predicted octanol–water partition coefficient (Wildman–Crippen LogP) is 4.50. The largest absolute Gasteiger partial charge is 0.484 e. The van der Waals surface area contributed by atoms with Crippen LogP contribution in [0, 0.1) is 11.8 Å². The van der Waals surface area contributed by atoms with Crippen LogP contribution in [0.5, 0.6) is 5.75 Å². The van der Waals surface area contributed by atoms with Gasteiger partial charge in [-0.3, -0.25) is 4.79 Å². The molecule has 0 saturated carbocycles. The minimum Gasteiger partial charge on any atom is -0.484 e. The van der Waals surface area contributed by atoms with Gasteiger partial charge in [-0.05, 0) is 34.9 Å². The molecule has 0 heterocycles. The van der Waals surface area contributed by atoms with Crippen molar-refractivity contribution in [1.82, 2.24) is 4.90 Å². The van der Waals surface area contributed by atoms with Gasteiger partial charge in [0, 0.05) is 13.1 Å². The van der Waals surface area contributed by atoms with E-state index in [0.717, 1.165) is 18.8 Å². The highest BCUT2D eigenvalue weighted by atomic mass is 16.5. The maximum atomic E-state index is 12.4. The molecule has 0 aliphatic carbocycles. The molecule has 0 bridgehead atoms. The highest BCUT2D eigenvalue weighted by Gasteiger charge is 2.17. The Labute approximate surface area is 142 Å². The smallest absolute Gasteiger partial charge is 0.260 e. The van der Waals surface area contributed by atoms with Crippen molar-refractivity contribution in [1.29, 1.82) is 0 Å². The Balaban J connectivity index is 2.62. The Kier molecular flexibility index (Phi) is 7.11. The van der Waals surface area contributed by atoms with Crippen LogP contribution in [0.2, 0.25) is 0 Å². The van der Waals surface area contributed by atoms with Gasteiger partial charge in [0.2, 0.25) is 0 Å². The van der Waals surface area contributed by atoms with E-state index in [-0.39, 0.29) is 17.9 Å². The first-order chi connectivity index (χ1) is 10.6. The van der Waals surface area contributed by atoms with Crippen LogP contribution in [0.15, 0.2) is 24.3 Å². The first-order valence-electron chi connectivity index (χ1n) is 8.60. The van der Waals surface area contributed by atoms with Gasteiger partial charge in [0.25, 0.3) is 5.91 Å². The van der Waals surface area contributed by atoms with Gasteiger partial charge in [-0.1, -0.05) is 60.6 Å². The summed E-state index contributed by atoms with van der Waals surface area (Å²) in [7, 11) is 0. The molecular formula is C20H33NO2. The van der Waals surface area contributed by atoms with E-state index in [1.165, 1.54) is 5.56 Å². The lowest BCUT2D eigenvalue weighted by atomic mass is 9.87. The molecule has 0 fully saturated rings. The Morgan fingerprint density at radius 3 is 1.87 bits per heavy atom. The van der Waals surface area contributed by atoms with Gasteiger partial charge in [-0.15, -0.1) is 0 Å². The molecule has 0 unspecified atom stereocenters. The van der Waals surface area contributed by atoms with Gasteiger partial charge < -0.3 is 9.64 Å². The van der Waals surface area contributed by atoms with Crippen LogP contribution in [-0.4, -0.2) is 30.5 Å². The van der Waals surface area contributed by atoms with Crippen LogP contribution in [-0.2, 0) is 10.2 Å². The fourth-order valence-electron chi connectivity index (χ4n) is 2.45. The quantitative estimate of drug-likeness (QED) is 0.740. The maximum absolute atomic E-state index is 12.4. The summed E-state index contributed by atoms with van der Waals surface area (Å²) < 4.78 is 5.69. The number of rotatable bonds is 7. The molecule has 1 aromatic rings. The lowest BCUT2D eigenvalue weighted by Crippen LogP contribution is -2.39. The maximum Gasteiger partial charge on any atom is 0.260 e. The fraction of sp³-hybridized carbons (Fsp3) is 0.650. The van der Waals surface area contributed by atoms with E-state index >= 15 is 0 Å². The lowest BCUT2D eigenvalue weighted by molar-refractivity contribution is -0.134. The standard InChI is InChI=1S/C20H33NO2/c1-15(2)12-21(13-16(3)4)19(22)14-23-18-10-8-17(9-11-18)20(5,6)7/h8-11,15-16H,12-14H2,1-7H3. The third-order valence-electron chi connectivity index (χ3n) is 3.61. The molecule has 0 radical (unpaired) electrons. The Hall–Kier alpha value is -1.51. The van der Waals surface area contributed by atoms with Crippen LogP contribution in [0.25, 0.3) is 0 Å². The zero-order valence-electron chi connectivity index (χ0n) is 15.8. The molecule has 3 nitrogen and oxygen atoms in total. The Morgan fingerprint density at radius 2 is 1.48 bits per heavy atom. The van der Waals surface area contributed by atoms with Crippen molar-refractivity contribution in [3.8, 4) is 5.75 Å². The summed E-state index contributed by atoms with van der Waals surface area (Å²) in [5.74, 6) is 1.74. The Bertz CT molecular complexity index is 473. The average Bonchev–Trinajstić information content (AvgIpc) is 2.42. The lowest BCUT2D eigenvalue weighted by Gasteiger charge is -2.26. The second kappa shape index (κ2) is 8.37. The summed E-state index contributed by atoms with van der Waals surface area (Å²) in [4.78, 5) is 14.3. The zero-order valence-corrected chi connectivity index (χ0v) is 15.8. The predicted molar refractivity (Wildman–Crippen MR) is 96.9 cm³/mol. The highest BCUT2D eigenvalue weighted by Crippen LogP contribution is 2.24. The molecule has 130 valence electrons. The Morgan fingerprint density at radius 1 is 1.00 bits per heavy atom. The normalized spacial score (nSPS) is 11.9. The van der Waals surface area contributed by atoms with Crippen molar-refractivity contribution in [2.24, 2.45) is 11.8 Å². The molecule has 0 saturated heterocycles. The van der Waals surface area contributed by atoms with Crippen LogP contribution >= 0.6 is 0 Å². The van der Waals surface area contributed by atoms with Crippen LogP contribution in [0.3, 0.4) is 0 Å². The molecule has 0 aliphatic rings. The van der Waals surface area contributed by atoms with E-state index < -0.39 is 0 Å². The number of ether oxygens (including phenoxy) is 1. The van der Waals surface area contributed by atoms with E-state index in [4.69, 9.17) is 4.74 Å². The molecule has 3 heteroatoms. The van der Waals surface area contributed by atoms with Gasteiger partial charge >= 0.3 is 0 Å². The highest BCUT2D eigenvalue weighted by molar-refractivity contribution is 5.77. The number of amides is 1. The van der Waals surface area contributed by atoms with Crippen molar-refractivity contribution in [2.75, 3.05) is 19.7 Å². The van der Waals surface area contributed by atoms with E-state index in [2.05, 4.69) is 60.6 Å². The zero-order chi connectivity index (χ0) is 17.6. The van der Waals surface area contributed by atoms with Gasteiger partial charge in [-0.25, -0.2) is 0 Å². The fourth-order valence-corrected chi connectivity index (χ4v) is 2.45. The van der Waals surface area contributed by atoms with E-state index in [1.807, 2.05) is 17.0 Å². The summed E-state index contributed by atoms with van der Waals surface area (Å²) in [6.07, 6.45) is 0. The first-order valence-corrected chi connectivity index (χ1v) is 8.60. The monoisotopic (exact) mass is 319 g/mol. The van der Waals surface area contributed by atoms with Gasteiger partial charge in [0.15, 0.2) is 6.61 Å². The third-order valence-corrected chi connectivity index (χ3v) is 3.61. The topological polar surface area (TPSA) is 29.5 Å². The number of carbonyl (C=O) groups excluding carboxylic acids is 1. The number of hydrogen-bond acceptors (Lipinski definition) is 2. The van der Waals surface area contributed by atoms with Gasteiger partial charge in [0.1, 0.15) is 5.75 Å². The number of nitrogens with zero attached hydrogens (tertiary/aromatic N) is 1. The molecule has 0 aliphatic heterocycles. The van der Waals surface area contributed by atoms with E-state index in [0.29, 0.717) is 11.8 Å².